The van der Waals surface area contributed by atoms with Crippen LogP contribution in [0.1, 0.15) is 24.1 Å². The number of ether oxygens (including phenoxy) is 3. The molecule has 0 radical (unpaired) electrons. The third-order valence-electron chi connectivity index (χ3n) is 6.14. The number of allylic oxidation sites excluding steroid dienone is 6. The van der Waals surface area contributed by atoms with E-state index in [9.17, 15) is 4.79 Å². The summed E-state index contributed by atoms with van der Waals surface area (Å²) in [6, 6.07) is 9.70. The maximum absolute atomic E-state index is 15.4. The number of benzene rings is 2. The van der Waals surface area contributed by atoms with E-state index in [2.05, 4.69) is 15.1 Å². The SMILES string of the molecule is COc1ccc(COCCCOc2cc(F)c(-c3c(C4=CC=CC=CC4)n4ncnc4[nH]c3=O)c(F)c2)cc1. The van der Waals surface area contributed by atoms with E-state index in [1.54, 1.807) is 19.3 Å². The van der Waals surface area contributed by atoms with Gasteiger partial charge in [-0.05, 0) is 29.7 Å². The Bertz CT molecular complexity index is 1600. The van der Waals surface area contributed by atoms with E-state index in [0.29, 0.717) is 31.6 Å². The van der Waals surface area contributed by atoms with Gasteiger partial charge in [-0.2, -0.15) is 14.6 Å². The fourth-order valence-corrected chi connectivity index (χ4v) is 4.28. The van der Waals surface area contributed by atoms with Gasteiger partial charge in [0.25, 0.3) is 5.56 Å². The van der Waals surface area contributed by atoms with E-state index in [0.717, 1.165) is 23.4 Å². The Labute approximate surface area is 222 Å². The first kappa shape index (κ1) is 26.1. The van der Waals surface area contributed by atoms with Gasteiger partial charge in [-0.15, -0.1) is 0 Å². The molecule has 0 atom stereocenters. The fourth-order valence-electron chi connectivity index (χ4n) is 4.28. The normalized spacial score (nSPS) is 12.9. The van der Waals surface area contributed by atoms with Crippen LogP contribution < -0.4 is 15.0 Å². The lowest BCUT2D eigenvalue weighted by Crippen LogP contribution is -2.18. The van der Waals surface area contributed by atoms with Gasteiger partial charge >= 0.3 is 0 Å². The largest absolute Gasteiger partial charge is 0.497 e. The minimum Gasteiger partial charge on any atom is -0.497 e. The molecule has 0 saturated carbocycles. The van der Waals surface area contributed by atoms with Crippen molar-refractivity contribution in [3.05, 3.63) is 106 Å². The van der Waals surface area contributed by atoms with E-state index in [1.165, 1.54) is 10.8 Å². The molecule has 1 N–H and O–H groups in total. The van der Waals surface area contributed by atoms with Crippen LogP contribution in [0.4, 0.5) is 8.78 Å². The molecule has 2 aromatic carbocycles. The van der Waals surface area contributed by atoms with Gasteiger partial charge in [-0.25, -0.2) is 8.78 Å². The Morgan fingerprint density at radius 1 is 1.00 bits per heavy atom. The summed E-state index contributed by atoms with van der Waals surface area (Å²) < 4.78 is 48.5. The van der Waals surface area contributed by atoms with Crippen molar-refractivity contribution in [2.24, 2.45) is 0 Å². The molecule has 1 aliphatic rings. The third kappa shape index (κ3) is 5.80. The lowest BCUT2D eigenvalue weighted by Gasteiger charge is -2.15. The molecule has 2 heterocycles. The molecular formula is C29H26F2N4O4. The van der Waals surface area contributed by atoms with E-state index in [4.69, 9.17) is 14.2 Å². The highest BCUT2D eigenvalue weighted by Gasteiger charge is 2.25. The lowest BCUT2D eigenvalue weighted by molar-refractivity contribution is 0.107. The van der Waals surface area contributed by atoms with Crippen LogP contribution >= 0.6 is 0 Å². The topological polar surface area (TPSA) is 90.7 Å². The van der Waals surface area contributed by atoms with Crippen molar-refractivity contribution in [2.75, 3.05) is 20.3 Å². The number of aromatic amines is 1. The molecular weight excluding hydrogens is 506 g/mol. The first-order chi connectivity index (χ1) is 19.0. The Morgan fingerprint density at radius 2 is 1.79 bits per heavy atom. The summed E-state index contributed by atoms with van der Waals surface area (Å²) in [7, 11) is 1.61. The summed E-state index contributed by atoms with van der Waals surface area (Å²) in [6.07, 6.45) is 11.4. The van der Waals surface area contributed by atoms with Gasteiger partial charge in [0.2, 0.25) is 5.78 Å². The maximum atomic E-state index is 15.4. The molecule has 1 aliphatic carbocycles. The Balaban J connectivity index is 1.31. The second kappa shape index (κ2) is 11.9. The molecule has 0 bridgehead atoms. The molecule has 0 amide bonds. The maximum Gasteiger partial charge on any atom is 0.261 e. The number of nitrogens with one attached hydrogen (secondary N) is 1. The van der Waals surface area contributed by atoms with Gasteiger partial charge < -0.3 is 14.2 Å². The van der Waals surface area contributed by atoms with Crippen LogP contribution in [0.15, 0.2) is 77.9 Å². The number of halogens is 2. The molecule has 0 unspecified atom stereocenters. The molecule has 0 saturated heterocycles. The van der Waals surface area contributed by atoms with Crippen LogP contribution in [-0.4, -0.2) is 39.9 Å². The van der Waals surface area contributed by atoms with Crippen LogP contribution in [0.25, 0.3) is 22.5 Å². The molecule has 10 heteroatoms. The van der Waals surface area contributed by atoms with E-state index < -0.39 is 22.8 Å². The molecule has 200 valence electrons. The molecule has 5 rings (SSSR count). The van der Waals surface area contributed by atoms with Gasteiger partial charge in [0.05, 0.1) is 43.8 Å². The van der Waals surface area contributed by atoms with Crippen molar-refractivity contribution >= 4 is 11.4 Å². The lowest BCUT2D eigenvalue weighted by atomic mass is 9.97. The van der Waals surface area contributed by atoms with E-state index in [1.807, 2.05) is 42.5 Å². The Hall–Kier alpha value is -4.57. The van der Waals surface area contributed by atoms with Crippen molar-refractivity contribution in [3.63, 3.8) is 0 Å². The predicted octanol–water partition coefficient (Wildman–Crippen LogP) is 5.26. The average molecular weight is 533 g/mol. The minimum absolute atomic E-state index is 0.0169. The van der Waals surface area contributed by atoms with Crippen molar-refractivity contribution < 1.29 is 23.0 Å². The summed E-state index contributed by atoms with van der Waals surface area (Å²) >= 11 is 0. The molecule has 0 aliphatic heterocycles. The van der Waals surface area contributed by atoms with Gasteiger partial charge in [0.15, 0.2) is 0 Å². The summed E-state index contributed by atoms with van der Waals surface area (Å²) in [4.78, 5) is 19.7. The number of rotatable bonds is 10. The first-order valence-corrected chi connectivity index (χ1v) is 12.4. The number of hydrogen-bond acceptors (Lipinski definition) is 6. The van der Waals surface area contributed by atoms with Crippen molar-refractivity contribution in [1.82, 2.24) is 19.6 Å². The average Bonchev–Trinajstić information content (AvgIpc) is 3.22. The highest BCUT2D eigenvalue weighted by Crippen LogP contribution is 2.34. The van der Waals surface area contributed by atoms with Gasteiger partial charge in [-0.3, -0.25) is 9.78 Å². The fraction of sp³-hybridized carbons (Fsp3) is 0.207. The molecule has 4 aromatic rings. The smallest absolute Gasteiger partial charge is 0.261 e. The number of methoxy groups -OCH3 is 1. The van der Waals surface area contributed by atoms with Crippen LogP contribution in [0.3, 0.4) is 0 Å². The van der Waals surface area contributed by atoms with Crippen LogP contribution in [0.2, 0.25) is 0 Å². The van der Waals surface area contributed by atoms with Crippen molar-refractivity contribution in [1.29, 1.82) is 0 Å². The molecule has 0 fully saturated rings. The molecule has 39 heavy (non-hydrogen) atoms. The zero-order chi connectivity index (χ0) is 27.2. The minimum atomic E-state index is -0.924. The number of aromatic nitrogens is 4. The number of H-pyrrole nitrogens is 1. The zero-order valence-electron chi connectivity index (χ0n) is 21.2. The van der Waals surface area contributed by atoms with Gasteiger partial charge in [0.1, 0.15) is 29.5 Å². The summed E-state index contributed by atoms with van der Waals surface area (Å²) in [5.74, 6) is -0.886. The Morgan fingerprint density at radius 3 is 2.56 bits per heavy atom. The quantitative estimate of drug-likeness (QED) is 0.281. The molecule has 2 aromatic heterocycles. The van der Waals surface area contributed by atoms with Crippen molar-refractivity contribution in [2.45, 2.75) is 19.4 Å². The zero-order valence-corrected chi connectivity index (χ0v) is 21.2. The third-order valence-corrected chi connectivity index (χ3v) is 6.14. The summed E-state index contributed by atoms with van der Waals surface area (Å²) in [5.41, 5.74) is 0.618. The highest BCUT2D eigenvalue weighted by molar-refractivity contribution is 5.82. The highest BCUT2D eigenvalue weighted by atomic mass is 19.1. The standard InChI is InChI=1S/C29H26F2N4O4/c1-37-21-11-9-19(10-12-21)17-38-13-6-14-39-22-15-23(30)25(24(31)16-22)26-27(20-7-4-2-3-5-8-20)35-29(32-18-33-35)34-28(26)36/h2-5,7,9-12,15-16,18H,6,8,13-14,17H2,1H3,(H,32,33,34,36). The second-order valence-electron chi connectivity index (χ2n) is 8.75. The number of nitrogens with zero attached hydrogens (tertiary/aromatic N) is 3. The first-order valence-electron chi connectivity index (χ1n) is 12.4. The molecule has 8 nitrogen and oxygen atoms in total. The Kier molecular flexibility index (Phi) is 7.93. The monoisotopic (exact) mass is 532 g/mol. The van der Waals surface area contributed by atoms with Crippen LogP contribution in [0.5, 0.6) is 11.5 Å². The molecule has 0 spiro atoms. The van der Waals surface area contributed by atoms with Gasteiger partial charge in [0, 0.05) is 18.6 Å². The predicted molar refractivity (Wildman–Crippen MR) is 143 cm³/mol. The van der Waals surface area contributed by atoms with Crippen molar-refractivity contribution in [3.8, 4) is 22.6 Å². The van der Waals surface area contributed by atoms with Crippen LogP contribution in [-0.2, 0) is 11.3 Å². The van der Waals surface area contributed by atoms with E-state index in [-0.39, 0.29) is 29.4 Å². The van der Waals surface area contributed by atoms with Gasteiger partial charge in [-0.1, -0.05) is 42.5 Å². The van der Waals surface area contributed by atoms with E-state index >= 15 is 8.78 Å². The summed E-state index contributed by atoms with van der Waals surface area (Å²) in [5, 5.41) is 4.18. The second-order valence-corrected chi connectivity index (χ2v) is 8.75. The summed E-state index contributed by atoms with van der Waals surface area (Å²) in [6.45, 7) is 1.03. The number of fused-ring (bicyclic) bond motifs is 1. The number of hydrogen-bond donors (Lipinski definition) is 1. The van der Waals surface area contributed by atoms with Crippen LogP contribution in [0, 0.1) is 11.6 Å².